The van der Waals surface area contributed by atoms with Gasteiger partial charge >= 0.3 is 10.0 Å². The molecule has 4 nitrogen and oxygen atoms in total. The molecule has 0 aromatic heterocycles. The fourth-order valence-electron chi connectivity index (χ4n) is 0. The maximum atomic E-state index is 7.23. The largest absolute Gasteiger partial charge is 1.00 e. The van der Waals surface area contributed by atoms with Gasteiger partial charge in [0.2, 0.25) is 0 Å². The molecule has 0 fully saturated rings. The standard InChI is InChI=1S/H3N.H3O3P/c;1-4(2)3/h1H3;1-3H/p+1. The van der Waals surface area contributed by atoms with E-state index in [9.17, 15) is 0 Å². The molecular weight excluding hydrogens is 93.0 g/mol. The molecule has 0 heterocycles. The molecule has 0 spiro atoms. The summed E-state index contributed by atoms with van der Waals surface area (Å²) >= 11 is 0. The first kappa shape index (κ1) is 8.99. The van der Waals surface area contributed by atoms with Crippen molar-refractivity contribution in [2.45, 2.75) is 0 Å². The van der Waals surface area contributed by atoms with E-state index >= 15 is 0 Å². The Kier molecular flexibility index (Phi) is 7.67. The molecule has 0 aromatic carbocycles. The Labute approximate surface area is 32.1 Å². The Morgan fingerprint density at radius 3 is 1.20 bits per heavy atom. The van der Waals surface area contributed by atoms with Crippen molar-refractivity contribution in [1.29, 1.82) is 0 Å². The van der Waals surface area contributed by atoms with Crippen LogP contribution in [0.5, 0.6) is 0 Å². The highest BCUT2D eigenvalue weighted by atomic mass is 31.2. The van der Waals surface area contributed by atoms with E-state index in [1.54, 1.807) is 0 Å². The Balaban J connectivity index is -0.0000000450. The quantitative estimate of drug-likeness (QED) is 0.307. The smallest absolute Gasteiger partial charge is 0.344 e. The summed E-state index contributed by atoms with van der Waals surface area (Å²) in [5, 5.41) is 0. The van der Waals surface area contributed by atoms with Crippen LogP contribution < -0.4 is 6.15 Å². The zero-order chi connectivity index (χ0) is 3.58. The van der Waals surface area contributed by atoms with Gasteiger partial charge in [-0.15, -0.1) is 0 Å². The first-order chi connectivity index (χ1) is 1.73. The van der Waals surface area contributed by atoms with Gasteiger partial charge in [-0.2, -0.15) is 0 Å². The molecule has 6 N–H and O–H groups in total. The zero-order valence-corrected chi connectivity index (χ0v) is 3.39. The molecular formula is H7NO3P+. The van der Waals surface area contributed by atoms with Crippen molar-refractivity contribution in [2.75, 3.05) is 0 Å². The topological polar surface area (TPSA) is 95.7 Å². The summed E-state index contributed by atoms with van der Waals surface area (Å²) in [5.41, 5.74) is 0. The molecule has 0 aliphatic heterocycles. The minimum absolute atomic E-state index is 0. The van der Waals surface area contributed by atoms with E-state index in [-0.39, 0.29) is 7.58 Å². The van der Waals surface area contributed by atoms with Crippen LogP contribution in [-0.4, -0.2) is 14.7 Å². The van der Waals surface area contributed by atoms with E-state index < -0.39 is 8.60 Å². The highest BCUT2D eigenvalue weighted by molar-refractivity contribution is 7.38. The van der Waals surface area contributed by atoms with Gasteiger partial charge in [0.15, 0.2) is 0 Å². The molecule has 5 heteroatoms. The van der Waals surface area contributed by atoms with Crippen LogP contribution in [0.25, 0.3) is 0 Å². The van der Waals surface area contributed by atoms with E-state index in [2.05, 4.69) is 0 Å². The molecule has 0 bridgehead atoms. The predicted octanol–water partition coefficient (Wildman–Crippen LogP) is -0.535. The van der Waals surface area contributed by atoms with Crippen LogP contribution in [0.4, 0.5) is 0 Å². The lowest BCUT2D eigenvalue weighted by molar-refractivity contribution is 0.368. The van der Waals surface area contributed by atoms with E-state index in [0.29, 0.717) is 0 Å². The predicted molar refractivity (Wildman–Crippen MR) is 19.7 cm³/mol. The molecule has 0 unspecified atom stereocenters. The zero-order valence-electron chi connectivity index (χ0n) is 3.50. The van der Waals surface area contributed by atoms with Crippen LogP contribution >= 0.6 is 8.60 Å². The van der Waals surface area contributed by atoms with Crippen molar-refractivity contribution in [3.63, 3.8) is 0 Å². The molecule has 34 valence electrons. The van der Waals surface area contributed by atoms with Crippen LogP contribution in [-0.2, 0) is 0 Å². The lowest BCUT2D eigenvalue weighted by Gasteiger charge is -1.76. The Bertz CT molecular complexity index is 15.5. The SMILES string of the molecule is N.OP(O)O.[H+]. The highest BCUT2D eigenvalue weighted by Crippen LogP contribution is 2.11. The number of hydrogen-bond acceptors (Lipinski definition) is 4. The second kappa shape index (κ2) is 4.27. The second-order valence-corrected chi connectivity index (χ2v) is 0.805. The molecule has 0 aliphatic carbocycles. The molecule has 0 atom stereocenters. The lowest BCUT2D eigenvalue weighted by Crippen LogP contribution is -1.54. The summed E-state index contributed by atoms with van der Waals surface area (Å²) in [6, 6.07) is 0. The molecule has 0 radical (unpaired) electrons. The van der Waals surface area contributed by atoms with Crippen molar-refractivity contribution >= 4 is 8.60 Å². The molecule has 0 saturated heterocycles. The molecule has 0 rings (SSSR count). The summed E-state index contributed by atoms with van der Waals surface area (Å²) in [7, 11) is -2.62. The minimum atomic E-state index is -2.62. The van der Waals surface area contributed by atoms with E-state index in [1.807, 2.05) is 0 Å². The normalized spacial score (nSPS) is 7.20. The van der Waals surface area contributed by atoms with Gasteiger partial charge in [0.05, 0.1) is 0 Å². The van der Waals surface area contributed by atoms with Gasteiger partial charge < -0.3 is 20.8 Å². The van der Waals surface area contributed by atoms with Crippen LogP contribution in [0.2, 0.25) is 0 Å². The summed E-state index contributed by atoms with van der Waals surface area (Å²) in [6.07, 6.45) is 0. The van der Waals surface area contributed by atoms with E-state index in [1.165, 1.54) is 0 Å². The molecule has 0 aliphatic rings. The third-order valence-corrected chi connectivity index (χ3v) is 0. The first-order valence-corrected chi connectivity index (χ1v) is 1.80. The molecule has 0 amide bonds. The average molecular weight is 100 g/mol. The van der Waals surface area contributed by atoms with Gasteiger partial charge in [-0.05, 0) is 0 Å². The van der Waals surface area contributed by atoms with Crippen molar-refractivity contribution in [2.24, 2.45) is 0 Å². The maximum Gasteiger partial charge on any atom is 1.00 e. The fraction of sp³-hybridized carbons (Fsp3) is 0. The monoisotopic (exact) mass is 100 g/mol. The van der Waals surface area contributed by atoms with Crippen molar-refractivity contribution < 1.29 is 16.1 Å². The summed E-state index contributed by atoms with van der Waals surface area (Å²) in [5.74, 6) is 0. The summed E-state index contributed by atoms with van der Waals surface area (Å²) in [6.45, 7) is 0. The highest BCUT2D eigenvalue weighted by Gasteiger charge is 1.76. The van der Waals surface area contributed by atoms with Gasteiger partial charge in [-0.25, -0.2) is 0 Å². The van der Waals surface area contributed by atoms with Gasteiger partial charge in [0, 0.05) is 0 Å². The Morgan fingerprint density at radius 1 is 1.20 bits per heavy atom. The van der Waals surface area contributed by atoms with E-state index in [4.69, 9.17) is 14.7 Å². The van der Waals surface area contributed by atoms with Crippen molar-refractivity contribution in [1.82, 2.24) is 6.15 Å². The summed E-state index contributed by atoms with van der Waals surface area (Å²) in [4.78, 5) is 21.7. The van der Waals surface area contributed by atoms with Crippen LogP contribution in [0.15, 0.2) is 0 Å². The number of hydrogen-bond donors (Lipinski definition) is 4. The maximum absolute atomic E-state index is 7.23. The van der Waals surface area contributed by atoms with Crippen LogP contribution in [0, 0.1) is 0 Å². The lowest BCUT2D eigenvalue weighted by atomic mass is 14.0. The van der Waals surface area contributed by atoms with E-state index in [0.717, 1.165) is 0 Å². The third-order valence-electron chi connectivity index (χ3n) is 0. The Hall–Kier alpha value is 0.270. The molecule has 0 aromatic rings. The third kappa shape index (κ3) is 302. The van der Waals surface area contributed by atoms with Crippen LogP contribution in [0.1, 0.15) is 1.43 Å². The average Bonchev–Trinajstić information content (AvgIpc) is 0.811. The van der Waals surface area contributed by atoms with Crippen molar-refractivity contribution in [3.8, 4) is 0 Å². The van der Waals surface area contributed by atoms with Crippen molar-refractivity contribution in [3.05, 3.63) is 0 Å². The minimum Gasteiger partial charge on any atom is -0.344 e. The summed E-state index contributed by atoms with van der Waals surface area (Å²) < 4.78 is 0. The fourth-order valence-corrected chi connectivity index (χ4v) is 0. The number of rotatable bonds is 0. The molecule has 0 saturated carbocycles. The van der Waals surface area contributed by atoms with Gasteiger partial charge in [-0.1, -0.05) is 0 Å². The Morgan fingerprint density at radius 2 is 1.20 bits per heavy atom. The molecule has 5 heavy (non-hydrogen) atoms. The van der Waals surface area contributed by atoms with Gasteiger partial charge in [0.1, 0.15) is 0 Å². The first-order valence-electron chi connectivity index (χ1n) is 0.600. The van der Waals surface area contributed by atoms with Gasteiger partial charge in [-0.3, -0.25) is 0 Å². The second-order valence-electron chi connectivity index (χ2n) is 0.268. The van der Waals surface area contributed by atoms with Crippen LogP contribution in [0.3, 0.4) is 0 Å². The van der Waals surface area contributed by atoms with Gasteiger partial charge in [0.25, 0.3) is 0 Å².